The summed E-state index contributed by atoms with van der Waals surface area (Å²) in [6.45, 7) is 3.98. The largest absolute Gasteiger partial charge is 0.469 e. The molecule has 37 heavy (non-hydrogen) atoms. The summed E-state index contributed by atoms with van der Waals surface area (Å²) in [4.78, 5) is 35.3. The SMILES string of the molecule is COC(=O)C1CCN(Cc2csc3c(=O)n(Cc4ccccc4C#N)c(N4CCC[C@@H](N)C4)nc23)CC1. The van der Waals surface area contributed by atoms with Gasteiger partial charge < -0.3 is 15.4 Å². The van der Waals surface area contributed by atoms with Gasteiger partial charge in [-0.25, -0.2) is 4.98 Å². The number of carbonyl (C=O) groups is 1. The van der Waals surface area contributed by atoms with Crippen molar-refractivity contribution in [1.29, 1.82) is 5.26 Å². The lowest BCUT2D eigenvalue weighted by Crippen LogP contribution is -2.45. The molecule has 2 N–H and O–H groups in total. The van der Waals surface area contributed by atoms with E-state index in [4.69, 9.17) is 15.5 Å². The van der Waals surface area contributed by atoms with Crippen molar-refractivity contribution in [2.45, 2.75) is 44.8 Å². The second-order valence-corrected chi connectivity index (χ2v) is 10.8. The van der Waals surface area contributed by atoms with Crippen LogP contribution in [0.25, 0.3) is 10.2 Å². The Hall–Kier alpha value is -3.26. The number of nitriles is 1. The van der Waals surface area contributed by atoms with Crippen LogP contribution in [0, 0.1) is 17.2 Å². The van der Waals surface area contributed by atoms with E-state index < -0.39 is 0 Å². The van der Waals surface area contributed by atoms with Crippen molar-refractivity contribution in [3.63, 3.8) is 0 Å². The average molecular weight is 521 g/mol. The minimum absolute atomic E-state index is 0.0271. The van der Waals surface area contributed by atoms with Crippen molar-refractivity contribution in [3.8, 4) is 6.07 Å². The molecule has 0 radical (unpaired) electrons. The molecular weight excluding hydrogens is 488 g/mol. The van der Waals surface area contributed by atoms with Gasteiger partial charge in [0, 0.05) is 31.2 Å². The van der Waals surface area contributed by atoms with E-state index in [0.29, 0.717) is 29.3 Å². The van der Waals surface area contributed by atoms with Gasteiger partial charge in [0.1, 0.15) is 4.70 Å². The van der Waals surface area contributed by atoms with E-state index in [2.05, 4.69) is 15.9 Å². The number of nitrogens with two attached hydrogens (primary N) is 1. The molecule has 2 aliphatic heterocycles. The van der Waals surface area contributed by atoms with Crippen LogP contribution >= 0.6 is 11.3 Å². The smallest absolute Gasteiger partial charge is 0.308 e. The summed E-state index contributed by atoms with van der Waals surface area (Å²) in [7, 11) is 1.44. The number of esters is 1. The van der Waals surface area contributed by atoms with Crippen LogP contribution in [0.5, 0.6) is 0 Å². The van der Waals surface area contributed by atoms with Gasteiger partial charge in [-0.05, 0) is 55.8 Å². The molecule has 0 spiro atoms. The van der Waals surface area contributed by atoms with Crippen molar-refractivity contribution in [3.05, 3.63) is 56.7 Å². The summed E-state index contributed by atoms with van der Waals surface area (Å²) in [5.74, 6) is 0.437. The molecule has 2 fully saturated rings. The van der Waals surface area contributed by atoms with Crippen molar-refractivity contribution >= 4 is 33.5 Å². The molecule has 2 aromatic heterocycles. The number of rotatable bonds is 6. The summed E-state index contributed by atoms with van der Waals surface area (Å²) < 4.78 is 7.25. The van der Waals surface area contributed by atoms with E-state index >= 15 is 0 Å². The molecule has 2 saturated heterocycles. The third-order valence-electron chi connectivity index (χ3n) is 7.45. The fourth-order valence-corrected chi connectivity index (χ4v) is 6.34. The highest BCUT2D eigenvalue weighted by molar-refractivity contribution is 7.17. The number of fused-ring (bicyclic) bond motifs is 1. The van der Waals surface area contributed by atoms with Gasteiger partial charge in [-0.2, -0.15) is 5.26 Å². The zero-order valence-electron chi connectivity index (χ0n) is 21.1. The van der Waals surface area contributed by atoms with Crippen molar-refractivity contribution in [2.75, 3.05) is 38.2 Å². The Bertz CT molecular complexity index is 1390. The lowest BCUT2D eigenvalue weighted by Gasteiger charge is -2.33. The molecule has 1 atom stereocenters. The van der Waals surface area contributed by atoms with Crippen LogP contribution in [0.3, 0.4) is 0 Å². The summed E-state index contributed by atoms with van der Waals surface area (Å²) in [5.41, 5.74) is 9.32. The Labute approximate surface area is 220 Å². The molecule has 0 saturated carbocycles. The quantitative estimate of drug-likeness (QED) is 0.493. The number of methoxy groups -OCH3 is 1. The van der Waals surface area contributed by atoms with Crippen LogP contribution in [0.1, 0.15) is 42.4 Å². The van der Waals surface area contributed by atoms with E-state index in [1.165, 1.54) is 18.4 Å². The van der Waals surface area contributed by atoms with Gasteiger partial charge in [-0.1, -0.05) is 18.2 Å². The first-order valence-corrected chi connectivity index (χ1v) is 13.7. The zero-order chi connectivity index (χ0) is 25.9. The Kier molecular flexibility index (Phi) is 7.55. The minimum Gasteiger partial charge on any atom is -0.469 e. The molecule has 0 amide bonds. The van der Waals surface area contributed by atoms with E-state index in [9.17, 15) is 14.9 Å². The van der Waals surface area contributed by atoms with Crippen molar-refractivity contribution in [2.24, 2.45) is 11.7 Å². The standard InChI is InChI=1S/C27H32N6O3S/c1-36-26(35)18-8-11-31(12-9-18)14-21-17-37-24-23(21)30-27(32-10-4-7-22(29)16-32)33(25(24)34)15-20-6-3-2-5-19(20)13-28/h2-3,5-6,17-18,22H,4,7-12,14-16,29H2,1H3/t22-/m1/s1. The highest BCUT2D eigenvalue weighted by Crippen LogP contribution is 2.29. The predicted octanol–water partition coefficient (Wildman–Crippen LogP) is 2.69. The summed E-state index contributed by atoms with van der Waals surface area (Å²) in [6.07, 6.45) is 3.43. The van der Waals surface area contributed by atoms with Crippen LogP contribution in [0.15, 0.2) is 34.4 Å². The number of likely N-dealkylation sites (tertiary alicyclic amines) is 1. The monoisotopic (exact) mass is 520 g/mol. The molecular formula is C27H32N6O3S. The number of benzene rings is 1. The summed E-state index contributed by atoms with van der Waals surface area (Å²) in [5, 5.41) is 11.6. The first kappa shape index (κ1) is 25.4. The van der Waals surface area contributed by atoms with Crippen LogP contribution in [0.4, 0.5) is 5.95 Å². The van der Waals surface area contributed by atoms with E-state index in [1.807, 2.05) is 23.6 Å². The van der Waals surface area contributed by atoms with Crippen molar-refractivity contribution < 1.29 is 9.53 Å². The second-order valence-electron chi connectivity index (χ2n) is 9.93. The molecule has 1 aromatic carbocycles. The molecule has 9 nitrogen and oxygen atoms in total. The molecule has 0 unspecified atom stereocenters. The first-order chi connectivity index (χ1) is 18.0. The number of aromatic nitrogens is 2. The molecule has 0 aliphatic carbocycles. The van der Waals surface area contributed by atoms with Gasteiger partial charge in [0.05, 0.1) is 36.7 Å². The van der Waals surface area contributed by atoms with E-state index in [-0.39, 0.29) is 30.0 Å². The fraction of sp³-hybridized carbons (Fsp3) is 0.481. The molecule has 0 bridgehead atoms. The molecule has 3 aromatic rings. The van der Waals surface area contributed by atoms with E-state index in [0.717, 1.165) is 62.0 Å². The van der Waals surface area contributed by atoms with Gasteiger partial charge in [0.25, 0.3) is 5.56 Å². The highest BCUT2D eigenvalue weighted by atomic mass is 32.1. The van der Waals surface area contributed by atoms with Crippen molar-refractivity contribution in [1.82, 2.24) is 14.5 Å². The topological polar surface area (TPSA) is 117 Å². The lowest BCUT2D eigenvalue weighted by atomic mass is 9.97. The Morgan fingerprint density at radius 1 is 1.19 bits per heavy atom. The average Bonchev–Trinajstić information content (AvgIpc) is 3.33. The van der Waals surface area contributed by atoms with Gasteiger partial charge in [0.2, 0.25) is 5.95 Å². The third-order valence-corrected chi connectivity index (χ3v) is 8.46. The maximum Gasteiger partial charge on any atom is 0.308 e. The van der Waals surface area contributed by atoms with Crippen LogP contribution in [0.2, 0.25) is 0 Å². The number of nitrogens with zero attached hydrogens (tertiary/aromatic N) is 5. The van der Waals surface area contributed by atoms with Gasteiger partial charge in [0.15, 0.2) is 0 Å². The molecule has 4 heterocycles. The second kappa shape index (κ2) is 11.0. The Balaban J connectivity index is 1.50. The zero-order valence-corrected chi connectivity index (χ0v) is 21.9. The number of ether oxygens (including phenoxy) is 1. The maximum atomic E-state index is 13.9. The highest BCUT2D eigenvalue weighted by Gasteiger charge is 2.28. The molecule has 10 heteroatoms. The number of thiophene rings is 1. The number of hydrogen-bond acceptors (Lipinski definition) is 9. The first-order valence-electron chi connectivity index (χ1n) is 12.8. The fourth-order valence-electron chi connectivity index (χ4n) is 5.40. The maximum absolute atomic E-state index is 13.9. The van der Waals surface area contributed by atoms with Crippen LogP contribution < -0.4 is 16.2 Å². The molecule has 5 rings (SSSR count). The predicted molar refractivity (Wildman–Crippen MR) is 144 cm³/mol. The van der Waals surface area contributed by atoms with Gasteiger partial charge in [-0.3, -0.25) is 19.1 Å². The van der Waals surface area contributed by atoms with Gasteiger partial charge >= 0.3 is 5.97 Å². The van der Waals surface area contributed by atoms with Crippen LogP contribution in [-0.4, -0.2) is 59.8 Å². The summed E-state index contributed by atoms with van der Waals surface area (Å²) in [6, 6.07) is 9.64. The van der Waals surface area contributed by atoms with E-state index in [1.54, 1.807) is 10.6 Å². The Morgan fingerprint density at radius 3 is 2.70 bits per heavy atom. The summed E-state index contributed by atoms with van der Waals surface area (Å²) >= 11 is 1.42. The van der Waals surface area contributed by atoms with Crippen LogP contribution in [-0.2, 0) is 22.6 Å². The number of piperidine rings is 2. The third kappa shape index (κ3) is 5.25. The Morgan fingerprint density at radius 2 is 1.97 bits per heavy atom. The number of hydrogen-bond donors (Lipinski definition) is 1. The molecule has 194 valence electrons. The lowest BCUT2D eigenvalue weighted by molar-refractivity contribution is -0.147. The molecule has 2 aliphatic rings. The number of anilines is 1. The normalized spacial score (nSPS) is 19.2. The minimum atomic E-state index is -0.134. The van der Waals surface area contributed by atoms with Gasteiger partial charge in [-0.15, -0.1) is 11.3 Å². The number of carbonyl (C=O) groups excluding carboxylic acids is 1.